The molecule has 1 N–H and O–H groups in total. The predicted octanol–water partition coefficient (Wildman–Crippen LogP) is 3.45. The molecule has 0 aliphatic heterocycles. The van der Waals surface area contributed by atoms with Crippen LogP contribution in [0.15, 0.2) is 40.9 Å². The van der Waals surface area contributed by atoms with Crippen molar-refractivity contribution in [3.05, 3.63) is 57.8 Å². The van der Waals surface area contributed by atoms with Gasteiger partial charge >= 0.3 is 0 Å². The summed E-state index contributed by atoms with van der Waals surface area (Å²) in [5, 5.41) is 3.38. The number of hydrogen-bond donors (Lipinski definition) is 1. The molecule has 19 heavy (non-hydrogen) atoms. The van der Waals surface area contributed by atoms with Crippen LogP contribution < -0.4 is 10.1 Å². The molecule has 0 spiro atoms. The Morgan fingerprint density at radius 2 is 2.05 bits per heavy atom. The predicted molar refractivity (Wildman–Crippen MR) is 80.2 cm³/mol. The minimum absolute atomic E-state index is 0.747. The van der Waals surface area contributed by atoms with Gasteiger partial charge in [-0.3, -0.25) is 4.98 Å². The zero-order chi connectivity index (χ0) is 13.7. The third-order valence-corrected chi connectivity index (χ3v) is 3.30. The first-order chi connectivity index (χ1) is 9.19. The zero-order valence-electron chi connectivity index (χ0n) is 11.1. The third-order valence-electron chi connectivity index (χ3n) is 2.81. The molecule has 0 bridgehead atoms. The molecule has 0 atom stereocenters. The fraction of sp³-hybridized carbons (Fsp3) is 0.267. The zero-order valence-corrected chi connectivity index (χ0v) is 12.7. The van der Waals surface area contributed by atoms with Crippen molar-refractivity contribution >= 4 is 15.9 Å². The number of aryl methyl sites for hydroxylation is 1. The van der Waals surface area contributed by atoms with Crippen LogP contribution in [0.1, 0.15) is 17.0 Å². The molecule has 0 fully saturated rings. The van der Waals surface area contributed by atoms with Crippen LogP contribution in [0.25, 0.3) is 0 Å². The van der Waals surface area contributed by atoms with Gasteiger partial charge in [-0.05, 0) is 37.3 Å². The molecule has 0 saturated heterocycles. The molecule has 2 aromatic rings. The smallest absolute Gasteiger partial charge is 0.123 e. The highest BCUT2D eigenvalue weighted by Gasteiger charge is 2.03. The maximum atomic E-state index is 5.35. The van der Waals surface area contributed by atoms with Crippen LogP contribution in [0, 0.1) is 6.92 Å². The van der Waals surface area contributed by atoms with Gasteiger partial charge in [0.15, 0.2) is 0 Å². The Balaban J connectivity index is 1.97. The average molecular weight is 321 g/mol. The van der Waals surface area contributed by atoms with Crippen LogP contribution in [-0.4, -0.2) is 12.1 Å². The van der Waals surface area contributed by atoms with E-state index in [-0.39, 0.29) is 0 Å². The molecular formula is C15H17BrN2O. The van der Waals surface area contributed by atoms with Crippen LogP contribution in [0.2, 0.25) is 0 Å². The molecule has 0 aliphatic rings. The second-order valence-electron chi connectivity index (χ2n) is 4.33. The lowest BCUT2D eigenvalue weighted by atomic mass is 10.2. The Kier molecular flexibility index (Phi) is 4.93. The third kappa shape index (κ3) is 4.04. The first-order valence-electron chi connectivity index (χ1n) is 6.14. The first-order valence-corrected chi connectivity index (χ1v) is 6.94. The molecule has 1 aromatic carbocycles. The summed E-state index contributed by atoms with van der Waals surface area (Å²) in [5.74, 6) is 0.896. The van der Waals surface area contributed by atoms with E-state index in [0.717, 1.165) is 40.3 Å². The second-order valence-corrected chi connectivity index (χ2v) is 5.25. The monoisotopic (exact) mass is 320 g/mol. The summed E-state index contributed by atoms with van der Waals surface area (Å²) in [6.45, 7) is 3.50. The molecule has 0 radical (unpaired) electrons. The van der Waals surface area contributed by atoms with E-state index in [1.165, 1.54) is 0 Å². The molecule has 0 amide bonds. The Morgan fingerprint density at radius 1 is 1.21 bits per heavy atom. The van der Waals surface area contributed by atoms with Crippen LogP contribution in [0.4, 0.5) is 0 Å². The molecule has 1 heterocycles. The van der Waals surface area contributed by atoms with Crippen molar-refractivity contribution in [1.82, 2.24) is 10.3 Å². The van der Waals surface area contributed by atoms with Gasteiger partial charge < -0.3 is 10.1 Å². The van der Waals surface area contributed by atoms with Crippen molar-refractivity contribution in [2.45, 2.75) is 20.0 Å². The number of benzene rings is 1. The van der Waals surface area contributed by atoms with Gasteiger partial charge in [0.25, 0.3) is 0 Å². The van der Waals surface area contributed by atoms with Crippen molar-refractivity contribution in [3.63, 3.8) is 0 Å². The van der Waals surface area contributed by atoms with Crippen molar-refractivity contribution < 1.29 is 4.74 Å². The molecule has 100 valence electrons. The van der Waals surface area contributed by atoms with Crippen LogP contribution in [-0.2, 0) is 13.1 Å². The van der Waals surface area contributed by atoms with E-state index < -0.39 is 0 Å². The quantitative estimate of drug-likeness (QED) is 0.916. The van der Waals surface area contributed by atoms with E-state index in [9.17, 15) is 0 Å². The number of ether oxygens (including phenoxy) is 1. The summed E-state index contributed by atoms with van der Waals surface area (Å²) in [7, 11) is 1.69. The molecule has 3 nitrogen and oxygen atoms in total. The van der Waals surface area contributed by atoms with Crippen molar-refractivity contribution in [2.75, 3.05) is 7.11 Å². The van der Waals surface area contributed by atoms with Crippen LogP contribution >= 0.6 is 15.9 Å². The van der Waals surface area contributed by atoms with E-state index in [2.05, 4.69) is 32.3 Å². The molecule has 2 rings (SSSR count). The van der Waals surface area contributed by atoms with Crippen molar-refractivity contribution in [1.29, 1.82) is 0 Å². The van der Waals surface area contributed by atoms with Gasteiger partial charge in [0.1, 0.15) is 5.75 Å². The van der Waals surface area contributed by atoms with Gasteiger partial charge in [-0.2, -0.15) is 0 Å². The maximum Gasteiger partial charge on any atom is 0.123 e. The lowest BCUT2D eigenvalue weighted by Crippen LogP contribution is -2.14. The fourth-order valence-corrected chi connectivity index (χ4v) is 2.32. The fourth-order valence-electron chi connectivity index (χ4n) is 1.91. The van der Waals surface area contributed by atoms with Gasteiger partial charge in [0.05, 0.1) is 12.8 Å². The molecule has 4 heteroatoms. The highest BCUT2D eigenvalue weighted by Crippen LogP contribution is 2.22. The molecule has 0 aliphatic carbocycles. The van der Waals surface area contributed by atoms with Gasteiger partial charge in [0, 0.05) is 28.8 Å². The minimum Gasteiger partial charge on any atom is -0.496 e. The highest BCUT2D eigenvalue weighted by atomic mass is 79.9. The highest BCUT2D eigenvalue weighted by molar-refractivity contribution is 9.10. The van der Waals surface area contributed by atoms with E-state index in [1.54, 1.807) is 7.11 Å². The lowest BCUT2D eigenvalue weighted by Gasteiger charge is -2.10. The number of nitrogens with one attached hydrogen (secondary N) is 1. The number of rotatable bonds is 5. The standard InChI is InChI=1S/C15H17BrN2O/c1-11-4-3-5-14(18-11)10-17-9-12-8-13(16)6-7-15(12)19-2/h3-8,17H,9-10H2,1-2H3. The van der Waals surface area contributed by atoms with Crippen LogP contribution in [0.5, 0.6) is 5.75 Å². The van der Waals surface area contributed by atoms with Gasteiger partial charge in [-0.25, -0.2) is 0 Å². The van der Waals surface area contributed by atoms with E-state index >= 15 is 0 Å². The molecule has 0 unspecified atom stereocenters. The summed E-state index contributed by atoms with van der Waals surface area (Å²) in [6, 6.07) is 12.1. The van der Waals surface area contributed by atoms with Gasteiger partial charge in [-0.15, -0.1) is 0 Å². The van der Waals surface area contributed by atoms with Gasteiger partial charge in [-0.1, -0.05) is 22.0 Å². The SMILES string of the molecule is COc1ccc(Br)cc1CNCc1cccc(C)n1. The lowest BCUT2D eigenvalue weighted by molar-refractivity contribution is 0.407. The Labute approximate surface area is 122 Å². The van der Waals surface area contributed by atoms with Crippen molar-refractivity contribution in [2.24, 2.45) is 0 Å². The Bertz CT molecular complexity index is 558. The number of hydrogen-bond acceptors (Lipinski definition) is 3. The normalized spacial score (nSPS) is 10.5. The maximum absolute atomic E-state index is 5.35. The van der Waals surface area contributed by atoms with Crippen molar-refractivity contribution in [3.8, 4) is 5.75 Å². The summed E-state index contributed by atoms with van der Waals surface area (Å²) < 4.78 is 6.40. The van der Waals surface area contributed by atoms with Gasteiger partial charge in [0.2, 0.25) is 0 Å². The molecule has 0 saturated carbocycles. The number of aromatic nitrogens is 1. The number of halogens is 1. The second kappa shape index (κ2) is 6.68. The van der Waals surface area contributed by atoms with E-state index in [4.69, 9.17) is 4.74 Å². The average Bonchev–Trinajstić information content (AvgIpc) is 2.39. The Hall–Kier alpha value is -1.39. The van der Waals surface area contributed by atoms with E-state index in [0.29, 0.717) is 0 Å². The summed E-state index contributed by atoms with van der Waals surface area (Å²) >= 11 is 3.48. The first kappa shape index (κ1) is 14.0. The number of methoxy groups -OCH3 is 1. The minimum atomic E-state index is 0.747. The number of nitrogens with zero attached hydrogens (tertiary/aromatic N) is 1. The molecular weight excluding hydrogens is 304 g/mol. The summed E-state index contributed by atoms with van der Waals surface area (Å²) in [6.07, 6.45) is 0. The largest absolute Gasteiger partial charge is 0.496 e. The topological polar surface area (TPSA) is 34.1 Å². The van der Waals surface area contributed by atoms with Crippen LogP contribution in [0.3, 0.4) is 0 Å². The Morgan fingerprint density at radius 3 is 2.79 bits per heavy atom. The van der Waals surface area contributed by atoms with E-state index in [1.807, 2.05) is 37.3 Å². The summed E-state index contributed by atoms with van der Waals surface area (Å²) in [5.41, 5.74) is 3.22. The number of pyridine rings is 1. The summed E-state index contributed by atoms with van der Waals surface area (Å²) in [4.78, 5) is 4.46. The molecule has 1 aromatic heterocycles.